The predicted octanol–water partition coefficient (Wildman–Crippen LogP) is 3.55. The molecule has 0 spiro atoms. The summed E-state index contributed by atoms with van der Waals surface area (Å²) in [5.74, 6) is 0.519. The molecule has 9 heteroatoms. The highest BCUT2D eigenvalue weighted by atomic mass is 32.1. The van der Waals surface area contributed by atoms with Crippen molar-refractivity contribution in [1.82, 2.24) is 14.1 Å². The fourth-order valence-electron chi connectivity index (χ4n) is 4.93. The Kier molecular flexibility index (Phi) is 6.72. The number of ketones is 1. The fraction of sp³-hybridized carbons (Fsp3) is 0.333. The van der Waals surface area contributed by atoms with E-state index < -0.39 is 0 Å². The smallest absolute Gasteiger partial charge is 0.278 e. The topological polar surface area (TPSA) is 110 Å². The number of rotatable bonds is 7. The van der Waals surface area contributed by atoms with Crippen LogP contribution in [0.1, 0.15) is 46.8 Å². The molecule has 0 saturated carbocycles. The minimum absolute atomic E-state index is 0.000902. The van der Waals surface area contributed by atoms with Crippen LogP contribution in [0.25, 0.3) is 11.0 Å². The van der Waals surface area contributed by atoms with E-state index in [1.807, 2.05) is 46.5 Å². The Bertz CT molecular complexity index is 1510. The van der Waals surface area contributed by atoms with Crippen LogP contribution in [0.5, 0.6) is 0 Å². The van der Waals surface area contributed by atoms with E-state index in [2.05, 4.69) is 16.0 Å². The molecule has 0 aliphatic carbocycles. The monoisotopic (exact) mass is 500 g/mol. The number of aryl methyl sites for hydroxylation is 1. The Morgan fingerprint density at radius 3 is 2.89 bits per heavy atom. The number of nitriles is 1. The van der Waals surface area contributed by atoms with Crippen LogP contribution >= 0.6 is 11.3 Å². The molecule has 4 aromatic rings. The molecule has 0 radical (unpaired) electrons. The van der Waals surface area contributed by atoms with Crippen LogP contribution in [0, 0.1) is 11.3 Å². The third-order valence-electron chi connectivity index (χ3n) is 6.76. The molecule has 4 heterocycles. The second kappa shape index (κ2) is 10.1. The zero-order valence-electron chi connectivity index (χ0n) is 20.2. The molecule has 5 rings (SSSR count). The second-order valence-corrected chi connectivity index (χ2v) is 10.0. The van der Waals surface area contributed by atoms with Crippen molar-refractivity contribution in [2.24, 2.45) is 5.73 Å². The van der Waals surface area contributed by atoms with Gasteiger partial charge in [0.25, 0.3) is 5.56 Å². The molecule has 8 nitrogen and oxygen atoms in total. The molecule has 3 aromatic heterocycles. The first-order valence-electron chi connectivity index (χ1n) is 12.2. The molecule has 1 aromatic carbocycles. The summed E-state index contributed by atoms with van der Waals surface area (Å²) >= 11 is 1.58. The molecule has 1 aliphatic rings. The van der Waals surface area contributed by atoms with Gasteiger partial charge in [-0.15, -0.1) is 0 Å². The van der Waals surface area contributed by atoms with Crippen LogP contribution in [-0.2, 0) is 19.5 Å². The van der Waals surface area contributed by atoms with E-state index in [9.17, 15) is 14.9 Å². The third kappa shape index (κ3) is 4.45. The van der Waals surface area contributed by atoms with E-state index in [-0.39, 0.29) is 23.9 Å². The van der Waals surface area contributed by atoms with Gasteiger partial charge in [0.1, 0.15) is 28.5 Å². The second-order valence-electron chi connectivity index (χ2n) is 9.23. The summed E-state index contributed by atoms with van der Waals surface area (Å²) < 4.78 is 3.24. The molecule has 1 saturated heterocycles. The van der Waals surface area contributed by atoms with Gasteiger partial charge in [0.2, 0.25) is 0 Å². The summed E-state index contributed by atoms with van der Waals surface area (Å²) in [6, 6.07) is 11.8. The van der Waals surface area contributed by atoms with Crippen molar-refractivity contribution in [2.75, 3.05) is 18.0 Å². The van der Waals surface area contributed by atoms with Gasteiger partial charge in [-0.1, -0.05) is 25.1 Å². The molecular formula is C27H28N6O2S. The number of fused-ring (bicyclic) bond motifs is 1. The van der Waals surface area contributed by atoms with Gasteiger partial charge in [-0.05, 0) is 53.3 Å². The summed E-state index contributed by atoms with van der Waals surface area (Å²) in [7, 11) is 0. The van der Waals surface area contributed by atoms with Crippen LogP contribution in [0.3, 0.4) is 0 Å². The Morgan fingerprint density at radius 1 is 1.31 bits per heavy atom. The number of hydrogen-bond acceptors (Lipinski definition) is 7. The van der Waals surface area contributed by atoms with E-state index in [0.29, 0.717) is 41.1 Å². The van der Waals surface area contributed by atoms with E-state index in [0.717, 1.165) is 36.9 Å². The number of piperidine rings is 1. The van der Waals surface area contributed by atoms with E-state index in [1.165, 1.54) is 10.9 Å². The van der Waals surface area contributed by atoms with E-state index >= 15 is 0 Å². The Hall–Kier alpha value is -3.74. The largest absolute Gasteiger partial charge is 0.355 e. The standard InChI is InChI=1S/C27H28N6O2S/c1-2-18-5-3-6-20(11-18)23(34)15-32-17-30-24-22(12-28)26(31-9-4-7-21(29)14-31)33(25(24)27(32)35)13-19-8-10-36-16-19/h3,5-6,8,10-11,16-17,21H,2,4,7,9,13-15,29H2,1H3. The molecule has 2 N–H and O–H groups in total. The molecule has 1 fully saturated rings. The number of carbonyl (C=O) groups excluding carboxylic acids is 1. The molecule has 0 amide bonds. The van der Waals surface area contributed by atoms with Gasteiger partial charge in [-0.25, -0.2) is 4.98 Å². The summed E-state index contributed by atoms with van der Waals surface area (Å²) in [5.41, 5.74) is 9.67. The first-order valence-corrected chi connectivity index (χ1v) is 13.1. The molecule has 1 atom stereocenters. The maximum absolute atomic E-state index is 13.8. The number of benzene rings is 1. The Morgan fingerprint density at radius 2 is 2.17 bits per heavy atom. The van der Waals surface area contributed by atoms with Crippen LogP contribution < -0.4 is 16.2 Å². The molecule has 184 valence electrons. The summed E-state index contributed by atoms with van der Waals surface area (Å²) in [5, 5.41) is 14.2. The number of thiophene rings is 1. The molecule has 1 unspecified atom stereocenters. The number of nitrogens with zero attached hydrogens (tertiary/aromatic N) is 5. The highest BCUT2D eigenvalue weighted by molar-refractivity contribution is 7.07. The third-order valence-corrected chi connectivity index (χ3v) is 7.49. The Balaban J connectivity index is 1.63. The van der Waals surface area contributed by atoms with Crippen LogP contribution in [0.4, 0.5) is 5.82 Å². The van der Waals surface area contributed by atoms with Gasteiger partial charge >= 0.3 is 0 Å². The van der Waals surface area contributed by atoms with Gasteiger partial charge in [-0.2, -0.15) is 16.6 Å². The number of carbonyl (C=O) groups is 1. The van der Waals surface area contributed by atoms with Crippen molar-refractivity contribution in [3.05, 3.63) is 80.0 Å². The summed E-state index contributed by atoms with van der Waals surface area (Å²) in [6.07, 6.45) is 4.04. The summed E-state index contributed by atoms with van der Waals surface area (Å²) in [4.78, 5) is 33.5. The molecule has 36 heavy (non-hydrogen) atoms. The molecule has 0 bridgehead atoms. The highest BCUT2D eigenvalue weighted by Crippen LogP contribution is 2.32. The van der Waals surface area contributed by atoms with Crippen molar-refractivity contribution >= 4 is 34.0 Å². The van der Waals surface area contributed by atoms with Crippen molar-refractivity contribution in [3.63, 3.8) is 0 Å². The SMILES string of the molecule is CCc1cccc(C(=O)Cn2cnc3c(C#N)c(N4CCCC(N)C4)n(Cc4ccsc4)c3c2=O)c1. The lowest BCUT2D eigenvalue weighted by atomic mass is 10.1. The number of Topliss-reactive ketones (excluding diaryl/α,β-unsaturated/α-hetero) is 1. The number of nitrogens with two attached hydrogens (primary N) is 1. The van der Waals surface area contributed by atoms with Crippen LogP contribution in [-0.4, -0.2) is 39.0 Å². The first-order chi connectivity index (χ1) is 17.5. The van der Waals surface area contributed by atoms with Crippen molar-refractivity contribution in [3.8, 4) is 6.07 Å². The van der Waals surface area contributed by atoms with Crippen molar-refractivity contribution in [1.29, 1.82) is 5.26 Å². The lowest BCUT2D eigenvalue weighted by Crippen LogP contribution is -2.44. The Labute approximate surface area is 213 Å². The number of anilines is 1. The zero-order valence-corrected chi connectivity index (χ0v) is 21.0. The predicted molar refractivity (Wildman–Crippen MR) is 142 cm³/mol. The maximum atomic E-state index is 13.8. The average Bonchev–Trinajstić information content (AvgIpc) is 3.52. The minimum atomic E-state index is -0.334. The fourth-order valence-corrected chi connectivity index (χ4v) is 5.59. The van der Waals surface area contributed by atoms with Crippen LogP contribution in [0.15, 0.2) is 52.2 Å². The van der Waals surface area contributed by atoms with E-state index in [4.69, 9.17) is 5.73 Å². The van der Waals surface area contributed by atoms with Crippen LogP contribution in [0.2, 0.25) is 0 Å². The summed E-state index contributed by atoms with van der Waals surface area (Å²) in [6.45, 7) is 3.70. The number of hydrogen-bond donors (Lipinski definition) is 1. The lowest BCUT2D eigenvalue weighted by molar-refractivity contribution is 0.0970. The number of aromatic nitrogens is 3. The van der Waals surface area contributed by atoms with Crippen molar-refractivity contribution < 1.29 is 4.79 Å². The zero-order chi connectivity index (χ0) is 25.2. The van der Waals surface area contributed by atoms with E-state index in [1.54, 1.807) is 17.4 Å². The van der Waals surface area contributed by atoms with Gasteiger partial charge in [0.05, 0.1) is 19.4 Å². The molecular weight excluding hydrogens is 472 g/mol. The normalized spacial score (nSPS) is 15.8. The lowest BCUT2D eigenvalue weighted by Gasteiger charge is -2.33. The van der Waals surface area contributed by atoms with Crippen molar-refractivity contribution in [2.45, 2.75) is 45.3 Å². The molecule has 1 aliphatic heterocycles. The quantitative estimate of drug-likeness (QED) is 0.389. The first kappa shape index (κ1) is 24.0. The van der Waals surface area contributed by atoms with Gasteiger partial charge in [-0.3, -0.25) is 14.2 Å². The van der Waals surface area contributed by atoms with Gasteiger partial charge in [0, 0.05) is 24.7 Å². The maximum Gasteiger partial charge on any atom is 0.278 e. The average molecular weight is 501 g/mol. The van der Waals surface area contributed by atoms with Gasteiger partial charge < -0.3 is 15.2 Å². The van der Waals surface area contributed by atoms with Gasteiger partial charge in [0.15, 0.2) is 5.78 Å². The minimum Gasteiger partial charge on any atom is -0.355 e. The highest BCUT2D eigenvalue weighted by Gasteiger charge is 2.28.